The number of benzene rings is 3. The van der Waals surface area contributed by atoms with Gasteiger partial charge in [0.15, 0.2) is 0 Å². The van der Waals surface area contributed by atoms with Crippen LogP contribution >= 0.6 is 11.3 Å². The number of rotatable bonds is 4. The fraction of sp³-hybridized carbons (Fsp3) is 0.0769. The number of aromatic nitrogens is 2. The molecule has 0 unspecified atom stereocenters. The Bertz CT molecular complexity index is 1450. The van der Waals surface area contributed by atoms with Gasteiger partial charge in [-0.3, -0.25) is 9.36 Å². The molecule has 3 nitrogen and oxygen atoms in total. The average Bonchev–Trinajstić information content (AvgIpc) is 3.20. The summed E-state index contributed by atoms with van der Waals surface area (Å²) < 4.78 is 15.5. The molecule has 0 aliphatic rings. The monoisotopic (exact) mass is 426 g/mol. The van der Waals surface area contributed by atoms with Gasteiger partial charge < -0.3 is 0 Å². The van der Waals surface area contributed by atoms with Gasteiger partial charge in [0.25, 0.3) is 5.56 Å². The first kappa shape index (κ1) is 19.4. The lowest BCUT2D eigenvalue weighted by molar-refractivity contribution is 0.623. The van der Waals surface area contributed by atoms with Gasteiger partial charge in [-0.1, -0.05) is 66.2 Å². The Morgan fingerprint density at radius 1 is 0.935 bits per heavy atom. The van der Waals surface area contributed by atoms with E-state index in [1.807, 2.05) is 73.0 Å². The maximum atomic E-state index is 13.8. The number of nitrogens with zero attached hydrogens (tertiary/aromatic N) is 2. The first-order chi connectivity index (χ1) is 15.1. The third-order valence-corrected chi connectivity index (χ3v) is 6.16. The molecule has 5 heteroatoms. The zero-order chi connectivity index (χ0) is 21.4. The molecule has 0 saturated carbocycles. The van der Waals surface area contributed by atoms with Crippen molar-refractivity contribution in [3.8, 4) is 22.5 Å². The number of thiophene rings is 1. The average molecular weight is 427 g/mol. The first-order valence-corrected chi connectivity index (χ1v) is 10.9. The summed E-state index contributed by atoms with van der Waals surface area (Å²) in [5.41, 5.74) is 4.40. The number of halogens is 1. The Kier molecular flexibility index (Phi) is 4.96. The Labute approximate surface area is 183 Å². The topological polar surface area (TPSA) is 34.9 Å². The Morgan fingerprint density at radius 3 is 2.48 bits per heavy atom. The number of hydrogen-bond acceptors (Lipinski definition) is 3. The maximum absolute atomic E-state index is 13.8. The second-order valence-electron chi connectivity index (χ2n) is 7.52. The van der Waals surface area contributed by atoms with Gasteiger partial charge in [-0.25, -0.2) is 9.37 Å². The summed E-state index contributed by atoms with van der Waals surface area (Å²) in [5.74, 6) is 0.268. The molecule has 0 N–H and O–H groups in total. The van der Waals surface area contributed by atoms with E-state index < -0.39 is 0 Å². The molecule has 0 saturated heterocycles. The van der Waals surface area contributed by atoms with Gasteiger partial charge in [0, 0.05) is 16.5 Å². The summed E-state index contributed by atoms with van der Waals surface area (Å²) in [7, 11) is 0. The minimum absolute atomic E-state index is 0.120. The molecule has 0 spiro atoms. The lowest BCUT2D eigenvalue weighted by Crippen LogP contribution is -2.24. The normalized spacial score (nSPS) is 11.2. The van der Waals surface area contributed by atoms with Gasteiger partial charge in [0.05, 0.1) is 11.9 Å². The van der Waals surface area contributed by atoms with Crippen LogP contribution in [0.2, 0.25) is 0 Å². The van der Waals surface area contributed by atoms with E-state index in [0.717, 1.165) is 22.3 Å². The van der Waals surface area contributed by atoms with E-state index in [1.165, 1.54) is 23.5 Å². The van der Waals surface area contributed by atoms with Crippen LogP contribution in [0.1, 0.15) is 11.1 Å². The van der Waals surface area contributed by atoms with Gasteiger partial charge in [-0.15, -0.1) is 11.3 Å². The van der Waals surface area contributed by atoms with Crippen LogP contribution in [0.4, 0.5) is 4.39 Å². The van der Waals surface area contributed by atoms with Gasteiger partial charge in [-0.2, -0.15) is 0 Å². The van der Waals surface area contributed by atoms with Crippen LogP contribution in [-0.2, 0) is 6.54 Å². The molecule has 0 amide bonds. The third-order valence-electron chi connectivity index (χ3n) is 5.28. The van der Waals surface area contributed by atoms with Crippen LogP contribution in [0.3, 0.4) is 0 Å². The van der Waals surface area contributed by atoms with E-state index in [9.17, 15) is 9.18 Å². The summed E-state index contributed by atoms with van der Waals surface area (Å²) in [4.78, 5) is 19.4. The van der Waals surface area contributed by atoms with Crippen LogP contribution in [0.25, 0.3) is 32.7 Å². The second kappa shape index (κ2) is 7.93. The van der Waals surface area contributed by atoms with Crippen LogP contribution in [0, 0.1) is 12.7 Å². The largest absolute Gasteiger partial charge is 0.288 e. The highest BCUT2D eigenvalue weighted by atomic mass is 32.1. The fourth-order valence-corrected chi connectivity index (χ4v) is 4.76. The summed E-state index contributed by atoms with van der Waals surface area (Å²) in [6, 6.07) is 24.1. The molecular formula is C26H19FN2OS. The molecule has 0 radical (unpaired) electrons. The molecule has 0 aliphatic heterocycles. The SMILES string of the molecule is Cc1cccc(-c2nc3scc(-c4ccccc4)c3c(=O)n2Cc2cccc(F)c2)c1. The molecule has 5 rings (SSSR count). The predicted molar refractivity (Wildman–Crippen MR) is 125 cm³/mol. The zero-order valence-electron chi connectivity index (χ0n) is 16.9. The molecule has 2 heterocycles. The van der Waals surface area contributed by atoms with E-state index in [2.05, 4.69) is 0 Å². The number of aryl methyl sites for hydroxylation is 1. The van der Waals surface area contributed by atoms with Gasteiger partial charge in [-0.05, 0) is 36.2 Å². The van der Waals surface area contributed by atoms with Crippen LogP contribution in [-0.4, -0.2) is 9.55 Å². The van der Waals surface area contributed by atoms with Gasteiger partial charge in [0.1, 0.15) is 16.5 Å². The van der Waals surface area contributed by atoms with Crippen molar-refractivity contribution in [3.05, 3.63) is 112 Å². The lowest BCUT2D eigenvalue weighted by atomic mass is 10.1. The minimum atomic E-state index is -0.322. The number of hydrogen-bond donors (Lipinski definition) is 0. The Morgan fingerprint density at radius 2 is 1.71 bits per heavy atom. The second-order valence-corrected chi connectivity index (χ2v) is 8.38. The molecule has 0 atom stereocenters. The first-order valence-electron chi connectivity index (χ1n) is 9.99. The summed E-state index contributed by atoms with van der Waals surface area (Å²) in [6.45, 7) is 2.25. The van der Waals surface area contributed by atoms with Crippen molar-refractivity contribution in [2.75, 3.05) is 0 Å². The van der Waals surface area contributed by atoms with E-state index in [4.69, 9.17) is 4.98 Å². The zero-order valence-corrected chi connectivity index (χ0v) is 17.7. The summed E-state index contributed by atoms with van der Waals surface area (Å²) in [5, 5.41) is 2.59. The Balaban J connectivity index is 1.78. The highest BCUT2D eigenvalue weighted by molar-refractivity contribution is 7.17. The summed E-state index contributed by atoms with van der Waals surface area (Å²) >= 11 is 1.47. The van der Waals surface area contributed by atoms with Crippen molar-refractivity contribution >= 4 is 21.6 Å². The van der Waals surface area contributed by atoms with E-state index in [1.54, 1.807) is 10.6 Å². The van der Waals surface area contributed by atoms with Gasteiger partial charge in [0.2, 0.25) is 0 Å². The quantitative estimate of drug-likeness (QED) is 0.339. The molecule has 152 valence electrons. The van der Waals surface area contributed by atoms with E-state index in [-0.39, 0.29) is 17.9 Å². The summed E-state index contributed by atoms with van der Waals surface area (Å²) in [6.07, 6.45) is 0. The highest BCUT2D eigenvalue weighted by Gasteiger charge is 2.18. The molecule has 31 heavy (non-hydrogen) atoms. The van der Waals surface area contributed by atoms with Crippen molar-refractivity contribution < 1.29 is 4.39 Å². The Hall–Kier alpha value is -3.57. The third kappa shape index (κ3) is 3.68. The fourth-order valence-electron chi connectivity index (χ4n) is 3.82. The molecule has 0 aliphatic carbocycles. The molecule has 0 bridgehead atoms. The number of fused-ring (bicyclic) bond motifs is 1. The van der Waals surface area contributed by atoms with Crippen LogP contribution in [0.5, 0.6) is 0 Å². The van der Waals surface area contributed by atoms with Crippen molar-refractivity contribution in [3.63, 3.8) is 0 Å². The lowest BCUT2D eigenvalue weighted by Gasteiger charge is -2.14. The van der Waals surface area contributed by atoms with Crippen LogP contribution in [0.15, 0.2) is 89.0 Å². The van der Waals surface area contributed by atoms with Crippen molar-refractivity contribution in [2.45, 2.75) is 13.5 Å². The van der Waals surface area contributed by atoms with Crippen LogP contribution < -0.4 is 5.56 Å². The van der Waals surface area contributed by atoms with Crippen molar-refractivity contribution in [1.29, 1.82) is 0 Å². The molecule has 3 aromatic carbocycles. The molecule has 0 fully saturated rings. The predicted octanol–water partition coefficient (Wildman–Crippen LogP) is 6.29. The molecule has 2 aromatic heterocycles. The standard InChI is InChI=1S/C26H19FN2OS/c1-17-7-5-11-20(13-17)24-28-25-23(22(16-31-25)19-9-3-2-4-10-19)26(30)29(24)15-18-8-6-12-21(27)14-18/h2-14,16H,15H2,1H3. The minimum Gasteiger partial charge on any atom is -0.288 e. The van der Waals surface area contributed by atoms with Crippen molar-refractivity contribution in [1.82, 2.24) is 9.55 Å². The van der Waals surface area contributed by atoms with Crippen molar-refractivity contribution in [2.24, 2.45) is 0 Å². The highest BCUT2D eigenvalue weighted by Crippen LogP contribution is 2.32. The van der Waals surface area contributed by atoms with Gasteiger partial charge >= 0.3 is 0 Å². The maximum Gasteiger partial charge on any atom is 0.263 e. The molecular weight excluding hydrogens is 407 g/mol. The van der Waals surface area contributed by atoms with E-state index in [0.29, 0.717) is 21.6 Å². The van der Waals surface area contributed by atoms with E-state index >= 15 is 0 Å². The molecule has 5 aromatic rings. The smallest absolute Gasteiger partial charge is 0.263 e.